The van der Waals surface area contributed by atoms with Gasteiger partial charge in [-0.15, -0.1) is 13.2 Å². The maximum absolute atomic E-state index is 4.56. The van der Waals surface area contributed by atoms with E-state index in [2.05, 4.69) is 33.9 Å². The quantitative estimate of drug-likeness (QED) is 0.519. The molecule has 1 aromatic heterocycles. The van der Waals surface area contributed by atoms with E-state index in [9.17, 15) is 0 Å². The Morgan fingerprint density at radius 1 is 1.38 bits per heavy atom. The SMILES string of the molecule is C=CCCCn1nc(CC=C)cc1N(C)C. The number of anilines is 1. The van der Waals surface area contributed by atoms with Gasteiger partial charge in [-0.1, -0.05) is 12.2 Å². The van der Waals surface area contributed by atoms with Crippen molar-refractivity contribution in [2.24, 2.45) is 0 Å². The Labute approximate surface area is 98.1 Å². The van der Waals surface area contributed by atoms with Crippen LogP contribution in [-0.4, -0.2) is 23.9 Å². The summed E-state index contributed by atoms with van der Waals surface area (Å²) in [5.41, 5.74) is 1.08. The molecule has 0 spiro atoms. The Hall–Kier alpha value is -1.51. The van der Waals surface area contributed by atoms with Gasteiger partial charge in [0.15, 0.2) is 0 Å². The molecular formula is C13H21N3. The Morgan fingerprint density at radius 2 is 2.12 bits per heavy atom. The molecule has 0 amide bonds. The summed E-state index contributed by atoms with van der Waals surface area (Å²) in [7, 11) is 4.08. The summed E-state index contributed by atoms with van der Waals surface area (Å²) in [4.78, 5) is 2.09. The van der Waals surface area contributed by atoms with Crippen LogP contribution in [0, 0.1) is 0 Å². The molecule has 0 atom stereocenters. The number of rotatable bonds is 7. The molecule has 0 bridgehead atoms. The molecule has 0 saturated heterocycles. The summed E-state index contributed by atoms with van der Waals surface area (Å²) in [6, 6.07) is 2.12. The minimum atomic E-state index is 0.829. The Kier molecular flexibility index (Phi) is 4.83. The van der Waals surface area contributed by atoms with Gasteiger partial charge in [-0.2, -0.15) is 5.10 Å². The minimum Gasteiger partial charge on any atom is -0.363 e. The van der Waals surface area contributed by atoms with Gasteiger partial charge < -0.3 is 4.90 Å². The van der Waals surface area contributed by atoms with Gasteiger partial charge in [0, 0.05) is 33.1 Å². The van der Waals surface area contributed by atoms with Crippen molar-refractivity contribution in [3.63, 3.8) is 0 Å². The molecule has 0 saturated carbocycles. The topological polar surface area (TPSA) is 21.1 Å². The van der Waals surface area contributed by atoms with Crippen molar-refractivity contribution >= 4 is 5.82 Å². The van der Waals surface area contributed by atoms with E-state index in [1.54, 1.807) is 0 Å². The lowest BCUT2D eigenvalue weighted by Gasteiger charge is -2.13. The highest BCUT2D eigenvalue weighted by atomic mass is 15.4. The van der Waals surface area contributed by atoms with Gasteiger partial charge in [0.05, 0.1) is 5.69 Å². The standard InChI is InChI=1S/C13H21N3/c1-5-7-8-10-16-13(15(3)4)11-12(14-16)9-6-2/h5-6,11H,1-2,7-10H2,3-4H3. The smallest absolute Gasteiger partial charge is 0.126 e. The average molecular weight is 219 g/mol. The molecule has 0 unspecified atom stereocenters. The van der Waals surface area contributed by atoms with E-state index in [4.69, 9.17) is 0 Å². The van der Waals surface area contributed by atoms with Crippen LogP contribution in [0.3, 0.4) is 0 Å². The highest BCUT2D eigenvalue weighted by molar-refractivity contribution is 5.39. The summed E-state index contributed by atoms with van der Waals surface area (Å²) < 4.78 is 2.06. The third-order valence-electron chi connectivity index (χ3n) is 2.40. The maximum Gasteiger partial charge on any atom is 0.126 e. The number of aryl methyl sites for hydroxylation is 1. The summed E-state index contributed by atoms with van der Waals surface area (Å²) in [5.74, 6) is 1.15. The summed E-state index contributed by atoms with van der Waals surface area (Å²) >= 11 is 0. The average Bonchev–Trinajstić information content (AvgIpc) is 2.62. The second-order valence-electron chi connectivity index (χ2n) is 4.04. The van der Waals surface area contributed by atoms with Crippen LogP contribution in [0.2, 0.25) is 0 Å². The zero-order valence-electron chi connectivity index (χ0n) is 10.3. The lowest BCUT2D eigenvalue weighted by atomic mass is 10.3. The molecule has 0 aliphatic carbocycles. The predicted octanol–water partition coefficient (Wildman–Crippen LogP) is 2.64. The molecule has 0 radical (unpaired) electrons. The third kappa shape index (κ3) is 3.26. The third-order valence-corrected chi connectivity index (χ3v) is 2.40. The fourth-order valence-electron chi connectivity index (χ4n) is 1.62. The first-order valence-corrected chi connectivity index (χ1v) is 5.65. The molecule has 0 aliphatic heterocycles. The monoisotopic (exact) mass is 219 g/mol. The van der Waals surface area contributed by atoms with Gasteiger partial charge in [-0.05, 0) is 12.8 Å². The van der Waals surface area contributed by atoms with Gasteiger partial charge in [0.1, 0.15) is 5.82 Å². The molecule has 88 valence electrons. The second-order valence-corrected chi connectivity index (χ2v) is 4.04. The zero-order chi connectivity index (χ0) is 12.0. The van der Waals surface area contributed by atoms with Crippen molar-refractivity contribution in [1.82, 2.24) is 9.78 Å². The summed E-state index contributed by atoms with van der Waals surface area (Å²) in [6.07, 6.45) is 6.78. The van der Waals surface area contributed by atoms with Gasteiger partial charge in [0.2, 0.25) is 0 Å². The van der Waals surface area contributed by atoms with Gasteiger partial charge in [-0.3, -0.25) is 0 Å². The first-order valence-electron chi connectivity index (χ1n) is 5.65. The first kappa shape index (κ1) is 12.6. The van der Waals surface area contributed by atoms with E-state index in [0.29, 0.717) is 0 Å². The molecule has 3 heteroatoms. The van der Waals surface area contributed by atoms with Crippen molar-refractivity contribution in [2.45, 2.75) is 25.8 Å². The highest BCUT2D eigenvalue weighted by Gasteiger charge is 2.07. The Morgan fingerprint density at radius 3 is 2.69 bits per heavy atom. The Bertz CT molecular complexity index is 350. The normalized spacial score (nSPS) is 10.1. The van der Waals surface area contributed by atoms with Gasteiger partial charge >= 0.3 is 0 Å². The van der Waals surface area contributed by atoms with Crippen LogP contribution >= 0.6 is 0 Å². The predicted molar refractivity (Wildman–Crippen MR) is 69.9 cm³/mol. The molecule has 1 rings (SSSR count). The van der Waals surface area contributed by atoms with Gasteiger partial charge in [0.25, 0.3) is 0 Å². The van der Waals surface area contributed by atoms with Crippen LogP contribution in [0.5, 0.6) is 0 Å². The number of unbranched alkanes of at least 4 members (excludes halogenated alkanes) is 1. The molecular weight excluding hydrogens is 198 g/mol. The molecule has 1 heterocycles. The zero-order valence-corrected chi connectivity index (χ0v) is 10.3. The number of nitrogens with zero attached hydrogens (tertiary/aromatic N) is 3. The molecule has 0 N–H and O–H groups in total. The maximum atomic E-state index is 4.56. The molecule has 0 fully saturated rings. The van der Waals surface area contributed by atoms with Crippen LogP contribution in [0.15, 0.2) is 31.4 Å². The van der Waals surface area contributed by atoms with Crippen LogP contribution in [0.4, 0.5) is 5.82 Å². The lowest BCUT2D eigenvalue weighted by Crippen LogP contribution is -2.15. The van der Waals surface area contributed by atoms with E-state index in [1.165, 1.54) is 0 Å². The van der Waals surface area contributed by atoms with E-state index >= 15 is 0 Å². The molecule has 0 aromatic carbocycles. The first-order chi connectivity index (χ1) is 7.69. The number of hydrogen-bond acceptors (Lipinski definition) is 2. The summed E-state index contributed by atoms with van der Waals surface area (Å²) in [6.45, 7) is 8.41. The van der Waals surface area contributed by atoms with Crippen LogP contribution in [-0.2, 0) is 13.0 Å². The van der Waals surface area contributed by atoms with E-state index < -0.39 is 0 Å². The minimum absolute atomic E-state index is 0.829. The Balaban J connectivity index is 2.78. The van der Waals surface area contributed by atoms with Crippen molar-refractivity contribution < 1.29 is 0 Å². The van der Waals surface area contributed by atoms with E-state index in [0.717, 1.165) is 37.3 Å². The number of allylic oxidation sites excluding steroid dienone is 2. The number of aromatic nitrogens is 2. The fraction of sp³-hybridized carbons (Fsp3) is 0.462. The van der Waals surface area contributed by atoms with E-state index in [1.807, 2.05) is 26.2 Å². The second kappa shape index (κ2) is 6.16. The molecule has 3 nitrogen and oxygen atoms in total. The van der Waals surface area contributed by atoms with Crippen LogP contribution in [0.1, 0.15) is 18.5 Å². The van der Waals surface area contributed by atoms with Crippen molar-refractivity contribution in [1.29, 1.82) is 0 Å². The molecule has 16 heavy (non-hydrogen) atoms. The highest BCUT2D eigenvalue weighted by Crippen LogP contribution is 2.15. The van der Waals surface area contributed by atoms with Gasteiger partial charge in [-0.25, -0.2) is 4.68 Å². The van der Waals surface area contributed by atoms with Crippen molar-refractivity contribution in [3.05, 3.63) is 37.1 Å². The lowest BCUT2D eigenvalue weighted by molar-refractivity contribution is 0.577. The van der Waals surface area contributed by atoms with Crippen LogP contribution < -0.4 is 4.90 Å². The molecule has 1 aromatic rings. The largest absolute Gasteiger partial charge is 0.363 e. The van der Waals surface area contributed by atoms with Crippen molar-refractivity contribution in [3.8, 4) is 0 Å². The fourth-order valence-corrected chi connectivity index (χ4v) is 1.62. The van der Waals surface area contributed by atoms with Crippen LogP contribution in [0.25, 0.3) is 0 Å². The van der Waals surface area contributed by atoms with E-state index in [-0.39, 0.29) is 0 Å². The van der Waals surface area contributed by atoms with Crippen molar-refractivity contribution in [2.75, 3.05) is 19.0 Å². The number of hydrogen-bond donors (Lipinski definition) is 0. The molecule has 0 aliphatic rings. The summed E-state index contributed by atoms with van der Waals surface area (Å²) in [5, 5.41) is 4.56.